The van der Waals surface area contributed by atoms with Gasteiger partial charge in [0.2, 0.25) is 17.8 Å². The van der Waals surface area contributed by atoms with Gasteiger partial charge in [0.1, 0.15) is 23.2 Å². The molecule has 9 heterocycles. The number of nitrogens with two attached hydrogens (primary N) is 2. The number of nitrogen functional groups attached to an aromatic ring is 2. The highest BCUT2D eigenvalue weighted by Crippen LogP contribution is 2.29. The number of unbranched alkanes of at least 4 members (excludes halogenated alkanes) is 6. The molecule has 9 N–H and O–H groups in total. The molecule has 3 aliphatic heterocycles. The molecule has 34 nitrogen and oxygen atoms in total. The summed E-state index contributed by atoms with van der Waals surface area (Å²) in [5, 5.41) is 25.7. The second-order valence-electron chi connectivity index (χ2n) is 32.8. The first-order chi connectivity index (χ1) is 62.4. The number of amides is 3. The summed E-state index contributed by atoms with van der Waals surface area (Å²) in [4.78, 5) is 90.9. The first kappa shape index (κ1) is 99.2. The van der Waals surface area contributed by atoms with Gasteiger partial charge >= 0.3 is 0 Å². The summed E-state index contributed by atoms with van der Waals surface area (Å²) in [5.41, 5.74) is 29.5. The number of oxime groups is 3. The summed E-state index contributed by atoms with van der Waals surface area (Å²) in [6.07, 6.45) is 17.9. The minimum Gasteiger partial charge on any atom is -0.394 e. The van der Waals surface area contributed by atoms with Crippen LogP contribution in [0.3, 0.4) is 0 Å². The fourth-order valence-electron chi connectivity index (χ4n) is 16.0. The summed E-state index contributed by atoms with van der Waals surface area (Å²) >= 11 is 0. The Kier molecular flexibility index (Phi) is 42.2. The topological polar surface area (TPSA) is 367 Å². The van der Waals surface area contributed by atoms with E-state index < -0.39 is 0 Å². The standard InChI is InChI=1S/C34H51N9O5.C30H43BN8O2.C29H44N8O2/c1-4-5-6-11-38-33-32-29(39-34(35)40-33)9-13-43(32)24-28-8-7-27(22-26(28)2)23-41-14-16-42(17-15-41)31(45)10-18-46-20-21-47-19-12-37-30(44)25-48-36-3;1-4-5-6-11-34-29-28-26(35-30(31)36-29)10-14-39(28)21-25-9-8-24(19-23(25)2)20-38-17-15-37(16-18-38)13-7-12-33-27(40)22-41-32-3;1-4-5-6-10-32-28-27-26(33-29(30)34-28)9-11-37(27)22-25-8-7-24(20-23(25)2)21-36-14-12-35(13-15-36)16-17-38-18-19-39-31-3/h7-9,13,22H,3-6,10-12,14-21,23-25H2,1-2H3,(H,37,44)(H3,35,38,39,40);8-10,14,19H,3-7,11-13,15-18,20-22H2,1-2H3,(H,33,40)(H,34,35,36);7-9,11,20H,3-6,10,12-19,21-22H2,1-2H3,(H3,30,32,33,34). The Hall–Kier alpha value is -10.9. The minimum atomic E-state index is -0.285. The van der Waals surface area contributed by atoms with Gasteiger partial charge in [-0.25, -0.2) is 19.9 Å². The van der Waals surface area contributed by atoms with E-state index in [-0.39, 0.29) is 36.9 Å². The lowest BCUT2D eigenvalue weighted by molar-refractivity contribution is -0.134. The molecule has 0 unspecified atom stereocenters. The third-order valence-corrected chi connectivity index (χ3v) is 23.1. The molecule has 0 bridgehead atoms. The molecule has 3 fully saturated rings. The number of carbonyl (C=O) groups excluding carboxylic acids is 3. The van der Waals surface area contributed by atoms with Crippen molar-refractivity contribution in [3.8, 4) is 0 Å². The monoisotopic (exact) mass is 1760 g/mol. The highest BCUT2D eigenvalue weighted by molar-refractivity contribution is 6.29. The summed E-state index contributed by atoms with van der Waals surface area (Å²) in [6, 6.07) is 26.4. The van der Waals surface area contributed by atoms with E-state index in [9.17, 15) is 14.4 Å². The van der Waals surface area contributed by atoms with E-state index in [0.29, 0.717) is 90.5 Å². The van der Waals surface area contributed by atoms with E-state index in [1.807, 2.05) is 23.1 Å². The van der Waals surface area contributed by atoms with Crippen LogP contribution in [0.4, 0.5) is 29.4 Å². The number of piperazine rings is 3. The van der Waals surface area contributed by atoms with Crippen molar-refractivity contribution in [1.82, 2.24) is 83.6 Å². The lowest BCUT2D eigenvalue weighted by Crippen LogP contribution is -2.48. The van der Waals surface area contributed by atoms with E-state index in [4.69, 9.17) is 38.4 Å². The number of anilines is 5. The molecule has 0 aliphatic carbocycles. The van der Waals surface area contributed by atoms with Crippen LogP contribution in [-0.2, 0) is 82.4 Å². The zero-order valence-electron chi connectivity index (χ0n) is 76.6. The third kappa shape index (κ3) is 32.7. The van der Waals surface area contributed by atoms with E-state index in [2.05, 4.69) is 255 Å². The van der Waals surface area contributed by atoms with E-state index >= 15 is 0 Å². The fraction of sp³-hybridized carbons (Fsp3) is 0.548. The van der Waals surface area contributed by atoms with Crippen LogP contribution in [0.5, 0.6) is 0 Å². The Balaban J connectivity index is 0.000000201. The van der Waals surface area contributed by atoms with E-state index in [1.54, 1.807) is 0 Å². The molecule has 0 spiro atoms. The van der Waals surface area contributed by atoms with Gasteiger partial charge in [0, 0.05) is 196 Å². The second-order valence-corrected chi connectivity index (χ2v) is 32.8. The van der Waals surface area contributed by atoms with Crippen LogP contribution < -0.4 is 43.8 Å². The number of hydrogen-bond acceptors (Lipinski definition) is 28. The number of nitrogens with zero attached hydrogens (tertiary/aromatic N) is 18. The zero-order valence-corrected chi connectivity index (χ0v) is 76.6. The van der Waals surface area contributed by atoms with Gasteiger partial charge in [-0.15, -0.1) is 15.5 Å². The molecule has 3 amide bonds. The molecule has 2 radical (unpaired) electrons. The van der Waals surface area contributed by atoms with Crippen LogP contribution in [0.1, 0.15) is 141 Å². The van der Waals surface area contributed by atoms with Gasteiger partial charge in [-0.05, 0) is 121 Å². The average molecular weight is 1760 g/mol. The highest BCUT2D eigenvalue weighted by Gasteiger charge is 2.25. The highest BCUT2D eigenvalue weighted by atomic mass is 16.6. The molecule has 9 aromatic rings. The van der Waals surface area contributed by atoms with Crippen molar-refractivity contribution >= 4 is 114 Å². The van der Waals surface area contributed by atoms with E-state index in [1.165, 1.54) is 88.6 Å². The van der Waals surface area contributed by atoms with Gasteiger partial charge in [0.15, 0.2) is 38.5 Å². The molecule has 3 aromatic carbocycles. The van der Waals surface area contributed by atoms with Crippen molar-refractivity contribution in [3.05, 3.63) is 141 Å². The summed E-state index contributed by atoms with van der Waals surface area (Å²) in [6.45, 7) is 47.8. The Morgan fingerprint density at radius 3 is 1.22 bits per heavy atom. The third-order valence-electron chi connectivity index (χ3n) is 23.1. The molecule has 692 valence electrons. The summed E-state index contributed by atoms with van der Waals surface area (Å²) in [5.74, 6) is 2.66. The number of ether oxygens (including phenoxy) is 3. The Morgan fingerprint density at radius 2 is 0.789 bits per heavy atom. The smallest absolute Gasteiger partial charge is 0.260 e. The van der Waals surface area contributed by atoms with Gasteiger partial charge < -0.3 is 90.3 Å². The van der Waals surface area contributed by atoms with Crippen LogP contribution >= 0.6 is 0 Å². The first-order valence-electron chi connectivity index (χ1n) is 45.7. The number of rotatable bonds is 53. The number of carbonyl (C=O) groups is 3. The molecule has 35 heteroatoms. The van der Waals surface area contributed by atoms with Gasteiger partial charge in [0.05, 0.1) is 68.3 Å². The van der Waals surface area contributed by atoms with Crippen molar-refractivity contribution in [2.75, 3.05) is 211 Å². The molecule has 0 saturated carbocycles. The molecule has 6 aromatic heterocycles. The summed E-state index contributed by atoms with van der Waals surface area (Å²) in [7, 11) is 5.99. The maximum atomic E-state index is 12.7. The van der Waals surface area contributed by atoms with Crippen LogP contribution in [-0.4, -0.2) is 303 Å². The molecular formula is C93H138BN25O9. The lowest BCUT2D eigenvalue weighted by atomic mass is 10.0. The van der Waals surface area contributed by atoms with Crippen molar-refractivity contribution in [1.29, 1.82) is 0 Å². The number of aryl methyl sites for hydroxylation is 3. The summed E-state index contributed by atoms with van der Waals surface area (Å²) < 4.78 is 23.2. The predicted molar refractivity (Wildman–Crippen MR) is 511 cm³/mol. The normalized spacial score (nSPS) is 14.1. The second kappa shape index (κ2) is 54.4. The maximum Gasteiger partial charge on any atom is 0.260 e. The van der Waals surface area contributed by atoms with Crippen LogP contribution in [0.25, 0.3) is 33.1 Å². The lowest BCUT2D eigenvalue weighted by Gasteiger charge is -2.35. The molecule has 3 aliphatic rings. The number of benzene rings is 3. The van der Waals surface area contributed by atoms with Crippen LogP contribution in [0.15, 0.2) is 107 Å². The van der Waals surface area contributed by atoms with Crippen molar-refractivity contribution in [3.63, 3.8) is 0 Å². The van der Waals surface area contributed by atoms with Crippen molar-refractivity contribution in [2.45, 2.75) is 151 Å². The number of nitrogens with one attached hydrogen (secondary N) is 5. The Morgan fingerprint density at radius 1 is 0.406 bits per heavy atom. The predicted octanol–water partition coefficient (Wildman–Crippen LogP) is 8.97. The maximum absolute atomic E-state index is 12.7. The van der Waals surface area contributed by atoms with Crippen molar-refractivity contribution in [2.24, 2.45) is 15.5 Å². The molecule has 12 rings (SSSR count). The number of hydrogen-bond donors (Lipinski definition) is 7. The van der Waals surface area contributed by atoms with Crippen molar-refractivity contribution < 1.29 is 43.1 Å². The van der Waals surface area contributed by atoms with Crippen LogP contribution in [0, 0.1) is 20.8 Å². The Labute approximate surface area is 756 Å². The largest absolute Gasteiger partial charge is 0.394 e. The Bertz CT molecular complexity index is 4910. The van der Waals surface area contributed by atoms with Gasteiger partial charge in [-0.3, -0.25) is 34.0 Å². The first-order valence-corrected chi connectivity index (χ1v) is 45.7. The molecule has 128 heavy (non-hydrogen) atoms. The quantitative estimate of drug-likeness (QED) is 0.00809. The van der Waals surface area contributed by atoms with Gasteiger partial charge in [0.25, 0.3) is 11.8 Å². The fourth-order valence-corrected chi connectivity index (χ4v) is 16.0. The van der Waals surface area contributed by atoms with E-state index in [0.717, 1.165) is 214 Å². The van der Waals surface area contributed by atoms with Gasteiger partial charge in [-0.2, -0.15) is 9.97 Å². The van der Waals surface area contributed by atoms with Gasteiger partial charge in [-0.1, -0.05) is 114 Å². The van der Waals surface area contributed by atoms with Crippen LogP contribution in [0.2, 0.25) is 0 Å². The number of aromatic nitrogens is 9. The number of fused-ring (bicyclic) bond motifs is 3. The zero-order chi connectivity index (χ0) is 90.6. The molecule has 3 saturated heterocycles. The SMILES string of the molecule is C=NOCC(=O)NCCOCCOCCC(=O)N1CCN(Cc2ccc(Cn3ccc4nc(N)nc(NCCCCC)c43)c(C)c2)CC1.C=NOCCOCCN1CCN(Cc2ccc(Cn3ccc4nc(N)nc(NCCCCC)c43)c(C)c2)CC1.[B]c1nc(NCCCCC)c2c(ccn2Cc2ccc(CN3CCN(CCCNC(=O)CON=C)CC3)cc2C)n1. The molecule has 0 atom stereocenters. The average Bonchev–Trinajstić information content (AvgIpc) is 1.65. The minimum absolute atomic E-state index is 0.0754. The molecular weight excluding hydrogens is 1620 g/mol.